The highest BCUT2D eigenvalue weighted by Gasteiger charge is 2.14. The quantitative estimate of drug-likeness (QED) is 0.673. The largest absolute Gasteiger partial charge is 0.374 e. The molecular weight excluding hydrogens is 252 g/mol. The monoisotopic (exact) mass is 260 g/mol. The Hall–Kier alpha value is -2.46. The van der Waals surface area contributed by atoms with Crippen molar-refractivity contribution in [1.29, 1.82) is 5.26 Å². The van der Waals surface area contributed by atoms with Crippen LogP contribution in [-0.2, 0) is 6.54 Å². The molecule has 0 aliphatic carbocycles. The molecule has 2 rings (SSSR count). The number of aromatic nitrogens is 1. The van der Waals surface area contributed by atoms with Crippen LogP contribution in [0.15, 0.2) is 29.1 Å². The second-order valence-corrected chi connectivity index (χ2v) is 4.15. The van der Waals surface area contributed by atoms with Crippen molar-refractivity contribution in [2.75, 3.05) is 5.32 Å². The number of hydrogen-bond acceptors (Lipinski definition) is 6. The van der Waals surface area contributed by atoms with Crippen molar-refractivity contribution < 1.29 is 4.92 Å². The molecule has 6 nitrogen and oxygen atoms in total. The fourth-order valence-electron chi connectivity index (χ4n) is 1.42. The summed E-state index contributed by atoms with van der Waals surface area (Å²) < 4.78 is 0. The summed E-state index contributed by atoms with van der Waals surface area (Å²) in [5.41, 5.74) is 3.14. The van der Waals surface area contributed by atoms with Gasteiger partial charge in [0, 0.05) is 11.4 Å². The number of benzene rings is 1. The molecule has 1 heterocycles. The van der Waals surface area contributed by atoms with Crippen LogP contribution in [-0.4, -0.2) is 9.91 Å². The van der Waals surface area contributed by atoms with Crippen LogP contribution in [0.2, 0.25) is 0 Å². The average Bonchev–Trinajstić information content (AvgIpc) is 2.88. The molecule has 1 aromatic heterocycles. The highest BCUT2D eigenvalue weighted by atomic mass is 32.1. The molecule has 0 spiro atoms. The molecule has 90 valence electrons. The number of thiazole rings is 1. The molecule has 7 heteroatoms. The predicted octanol–water partition coefficient (Wildman–Crippen LogP) is 2.54. The standard InChI is InChI=1S/C11H8N4O2S/c12-4-8-1-2-11(15(16)17)10(3-8)13-5-9-6-18-7-14-9/h1-3,6-7,13H,5H2. The van der Waals surface area contributed by atoms with E-state index in [1.54, 1.807) is 5.51 Å². The normalized spacial score (nSPS) is 9.72. The third-order valence-corrected chi connectivity index (χ3v) is 2.90. The van der Waals surface area contributed by atoms with Crippen LogP contribution in [0.4, 0.5) is 11.4 Å². The van der Waals surface area contributed by atoms with Gasteiger partial charge in [0.25, 0.3) is 5.69 Å². The van der Waals surface area contributed by atoms with Crippen molar-refractivity contribution in [2.45, 2.75) is 6.54 Å². The first-order chi connectivity index (χ1) is 8.70. The Morgan fingerprint density at radius 3 is 3.00 bits per heavy atom. The summed E-state index contributed by atoms with van der Waals surface area (Å²) in [6.45, 7) is 0.388. The van der Waals surface area contributed by atoms with Gasteiger partial charge in [0.2, 0.25) is 0 Å². The number of nitriles is 1. The van der Waals surface area contributed by atoms with E-state index in [1.807, 2.05) is 11.4 Å². The first-order valence-corrected chi connectivity index (χ1v) is 5.94. The minimum Gasteiger partial charge on any atom is -0.374 e. The third-order valence-electron chi connectivity index (χ3n) is 2.27. The highest BCUT2D eigenvalue weighted by Crippen LogP contribution is 2.25. The maximum absolute atomic E-state index is 10.9. The number of rotatable bonds is 4. The predicted molar refractivity (Wildman–Crippen MR) is 67.3 cm³/mol. The first kappa shape index (κ1) is 12.0. The third kappa shape index (κ3) is 2.61. The lowest BCUT2D eigenvalue weighted by molar-refractivity contribution is -0.384. The Morgan fingerprint density at radius 2 is 2.39 bits per heavy atom. The highest BCUT2D eigenvalue weighted by molar-refractivity contribution is 7.07. The molecule has 2 aromatic rings. The number of nitro groups is 1. The molecule has 18 heavy (non-hydrogen) atoms. The lowest BCUT2D eigenvalue weighted by Crippen LogP contribution is -2.03. The van der Waals surface area contributed by atoms with Gasteiger partial charge in [-0.3, -0.25) is 10.1 Å². The van der Waals surface area contributed by atoms with Crippen LogP contribution in [0.1, 0.15) is 11.3 Å². The number of nitro benzene ring substituents is 1. The summed E-state index contributed by atoms with van der Waals surface area (Å²) in [5, 5.41) is 24.4. The molecular formula is C11H8N4O2S. The maximum atomic E-state index is 10.9. The van der Waals surface area contributed by atoms with Crippen LogP contribution in [0.5, 0.6) is 0 Å². The van der Waals surface area contributed by atoms with Gasteiger partial charge in [-0.25, -0.2) is 4.98 Å². The smallest absolute Gasteiger partial charge is 0.292 e. The molecule has 0 saturated carbocycles. The molecule has 0 amide bonds. The topological polar surface area (TPSA) is 91.8 Å². The van der Waals surface area contributed by atoms with E-state index in [-0.39, 0.29) is 5.69 Å². The van der Waals surface area contributed by atoms with E-state index in [0.29, 0.717) is 17.8 Å². The van der Waals surface area contributed by atoms with Gasteiger partial charge in [-0.05, 0) is 12.1 Å². The fraction of sp³-hybridized carbons (Fsp3) is 0.0909. The zero-order chi connectivity index (χ0) is 13.0. The maximum Gasteiger partial charge on any atom is 0.292 e. The summed E-state index contributed by atoms with van der Waals surface area (Å²) in [5.74, 6) is 0. The lowest BCUT2D eigenvalue weighted by Gasteiger charge is -2.05. The van der Waals surface area contributed by atoms with Crippen LogP contribution < -0.4 is 5.32 Å². The summed E-state index contributed by atoms with van der Waals surface area (Å²) in [6.07, 6.45) is 0. The fourth-order valence-corrected chi connectivity index (χ4v) is 1.98. The van der Waals surface area contributed by atoms with Crippen LogP contribution in [0.25, 0.3) is 0 Å². The molecule has 0 aliphatic heterocycles. The Labute approximate surface area is 107 Å². The Kier molecular flexibility index (Phi) is 3.50. The molecule has 0 aliphatic rings. The lowest BCUT2D eigenvalue weighted by atomic mass is 10.2. The molecule has 0 radical (unpaired) electrons. The van der Waals surface area contributed by atoms with Gasteiger partial charge in [0.05, 0.1) is 34.3 Å². The van der Waals surface area contributed by atoms with Crippen molar-refractivity contribution >= 4 is 22.7 Å². The summed E-state index contributed by atoms with van der Waals surface area (Å²) in [7, 11) is 0. The van der Waals surface area contributed by atoms with Gasteiger partial charge in [-0.15, -0.1) is 11.3 Å². The Morgan fingerprint density at radius 1 is 1.56 bits per heavy atom. The minimum atomic E-state index is -0.482. The second kappa shape index (κ2) is 5.25. The Balaban J connectivity index is 2.24. The summed E-state index contributed by atoms with van der Waals surface area (Å²) in [6, 6.07) is 6.16. The van der Waals surface area contributed by atoms with Crippen LogP contribution in [0.3, 0.4) is 0 Å². The van der Waals surface area contributed by atoms with Crippen molar-refractivity contribution in [3.05, 3.63) is 50.5 Å². The van der Waals surface area contributed by atoms with Gasteiger partial charge in [0.15, 0.2) is 0 Å². The van der Waals surface area contributed by atoms with Gasteiger partial charge in [-0.1, -0.05) is 0 Å². The molecule has 0 fully saturated rings. The van der Waals surface area contributed by atoms with Crippen LogP contribution >= 0.6 is 11.3 Å². The molecule has 0 bridgehead atoms. The average molecular weight is 260 g/mol. The number of anilines is 1. The Bertz CT molecular complexity index is 604. The van der Waals surface area contributed by atoms with Gasteiger partial charge >= 0.3 is 0 Å². The molecule has 0 saturated heterocycles. The molecule has 0 atom stereocenters. The zero-order valence-electron chi connectivity index (χ0n) is 9.16. The molecule has 0 unspecified atom stereocenters. The van der Waals surface area contributed by atoms with Gasteiger partial charge in [0.1, 0.15) is 5.69 Å². The minimum absolute atomic E-state index is 0.0516. The number of nitrogens with one attached hydrogen (secondary N) is 1. The van der Waals surface area contributed by atoms with Crippen molar-refractivity contribution in [1.82, 2.24) is 4.98 Å². The van der Waals surface area contributed by atoms with E-state index in [0.717, 1.165) is 5.69 Å². The number of hydrogen-bond donors (Lipinski definition) is 1. The van der Waals surface area contributed by atoms with E-state index in [4.69, 9.17) is 5.26 Å². The first-order valence-electron chi connectivity index (χ1n) is 5.00. The summed E-state index contributed by atoms with van der Waals surface area (Å²) >= 11 is 1.46. The van der Waals surface area contributed by atoms with Crippen molar-refractivity contribution in [2.24, 2.45) is 0 Å². The van der Waals surface area contributed by atoms with E-state index in [2.05, 4.69) is 10.3 Å². The molecule has 1 aromatic carbocycles. The van der Waals surface area contributed by atoms with Crippen molar-refractivity contribution in [3.8, 4) is 6.07 Å². The SMILES string of the molecule is N#Cc1ccc([N+](=O)[O-])c(NCc2cscn2)c1. The zero-order valence-corrected chi connectivity index (χ0v) is 9.98. The van der Waals surface area contributed by atoms with Crippen molar-refractivity contribution in [3.63, 3.8) is 0 Å². The van der Waals surface area contributed by atoms with Gasteiger partial charge in [-0.2, -0.15) is 5.26 Å². The van der Waals surface area contributed by atoms with E-state index < -0.39 is 4.92 Å². The number of nitrogens with zero attached hydrogens (tertiary/aromatic N) is 3. The molecule has 1 N–H and O–H groups in total. The van der Waals surface area contributed by atoms with E-state index in [1.165, 1.54) is 29.5 Å². The van der Waals surface area contributed by atoms with Crippen LogP contribution in [0, 0.1) is 21.4 Å². The summed E-state index contributed by atoms with van der Waals surface area (Å²) in [4.78, 5) is 14.4. The van der Waals surface area contributed by atoms with E-state index >= 15 is 0 Å². The second-order valence-electron chi connectivity index (χ2n) is 3.43. The van der Waals surface area contributed by atoms with Gasteiger partial charge < -0.3 is 5.32 Å². The van der Waals surface area contributed by atoms with E-state index in [9.17, 15) is 10.1 Å².